The van der Waals surface area contributed by atoms with Crippen LogP contribution in [0.2, 0.25) is 0 Å². The van der Waals surface area contributed by atoms with E-state index in [9.17, 15) is 0 Å². The highest BCUT2D eigenvalue weighted by molar-refractivity contribution is 5.24. The van der Waals surface area contributed by atoms with Gasteiger partial charge >= 0.3 is 0 Å². The van der Waals surface area contributed by atoms with Crippen LogP contribution in [0.4, 0.5) is 0 Å². The van der Waals surface area contributed by atoms with Gasteiger partial charge in [-0.05, 0) is 50.7 Å². The Hall–Kier alpha value is -0.340. The summed E-state index contributed by atoms with van der Waals surface area (Å²) < 4.78 is 0. The molecule has 18 heavy (non-hydrogen) atoms. The first-order valence-electron chi connectivity index (χ1n) is 7.51. The highest BCUT2D eigenvalue weighted by Gasteiger charge is 2.50. The van der Waals surface area contributed by atoms with Gasteiger partial charge in [-0.2, -0.15) is 0 Å². The molecule has 0 radical (unpaired) electrons. The third kappa shape index (κ3) is 2.65. The van der Waals surface area contributed by atoms with Gasteiger partial charge in [0, 0.05) is 19.6 Å². The van der Waals surface area contributed by atoms with E-state index < -0.39 is 0 Å². The number of rotatable bonds is 6. The number of likely N-dealkylation sites (N-methyl/N-ethyl adjacent to an activating group) is 2. The van der Waals surface area contributed by atoms with Crippen molar-refractivity contribution < 1.29 is 0 Å². The molecule has 0 amide bonds. The summed E-state index contributed by atoms with van der Waals surface area (Å²) in [4.78, 5) is 4.88. The van der Waals surface area contributed by atoms with Crippen molar-refractivity contribution in [2.75, 3.05) is 40.3 Å². The smallest absolute Gasteiger partial charge is 0.0196 e. The van der Waals surface area contributed by atoms with Crippen molar-refractivity contribution in [3.63, 3.8) is 0 Å². The van der Waals surface area contributed by atoms with Gasteiger partial charge in [0.05, 0.1) is 0 Å². The molecule has 3 aliphatic carbocycles. The zero-order chi connectivity index (χ0) is 13.3. The van der Waals surface area contributed by atoms with Crippen LogP contribution in [0, 0.1) is 17.3 Å². The van der Waals surface area contributed by atoms with Gasteiger partial charge in [-0.25, -0.2) is 0 Å². The van der Waals surface area contributed by atoms with Crippen molar-refractivity contribution in [1.29, 1.82) is 0 Å². The minimum atomic E-state index is 0.574. The average Bonchev–Trinajstić information content (AvgIpc) is 2.34. The van der Waals surface area contributed by atoms with E-state index in [-0.39, 0.29) is 0 Å². The molecule has 0 aromatic carbocycles. The van der Waals surface area contributed by atoms with Crippen LogP contribution in [-0.2, 0) is 0 Å². The van der Waals surface area contributed by atoms with Gasteiger partial charge in [0.15, 0.2) is 0 Å². The lowest BCUT2D eigenvalue weighted by molar-refractivity contribution is -0.0106. The Balaban J connectivity index is 1.90. The summed E-state index contributed by atoms with van der Waals surface area (Å²) in [6.07, 6.45) is 5.32. The van der Waals surface area contributed by atoms with Crippen molar-refractivity contribution in [3.05, 3.63) is 11.6 Å². The number of nitrogens with zero attached hydrogens (tertiary/aromatic N) is 2. The lowest BCUT2D eigenvalue weighted by Crippen LogP contribution is -2.50. The summed E-state index contributed by atoms with van der Waals surface area (Å²) in [5, 5.41) is 0. The molecule has 3 aliphatic rings. The summed E-state index contributed by atoms with van der Waals surface area (Å²) in [5.41, 5.74) is 2.30. The lowest BCUT2D eigenvalue weighted by Gasteiger charge is -2.57. The van der Waals surface area contributed by atoms with Crippen molar-refractivity contribution in [2.24, 2.45) is 17.3 Å². The molecule has 0 unspecified atom stereocenters. The topological polar surface area (TPSA) is 6.48 Å². The fourth-order valence-corrected chi connectivity index (χ4v) is 3.60. The molecule has 2 nitrogen and oxygen atoms in total. The molecule has 3 rings (SSSR count). The lowest BCUT2D eigenvalue weighted by atomic mass is 9.49. The molecular formula is C16H30N2. The second-order valence-corrected chi connectivity index (χ2v) is 6.99. The predicted octanol–water partition coefficient (Wildman–Crippen LogP) is 2.86. The van der Waals surface area contributed by atoms with Gasteiger partial charge in [-0.3, -0.25) is 4.90 Å². The molecule has 104 valence electrons. The molecule has 2 heteroatoms. The van der Waals surface area contributed by atoms with E-state index in [4.69, 9.17) is 0 Å². The minimum Gasteiger partial charge on any atom is -0.308 e. The number of hydrogen-bond donors (Lipinski definition) is 0. The van der Waals surface area contributed by atoms with Crippen LogP contribution in [0.15, 0.2) is 11.6 Å². The summed E-state index contributed by atoms with van der Waals surface area (Å²) in [6, 6.07) is 0. The third-order valence-corrected chi connectivity index (χ3v) is 5.30. The van der Waals surface area contributed by atoms with Crippen LogP contribution >= 0.6 is 0 Å². The predicted molar refractivity (Wildman–Crippen MR) is 78.7 cm³/mol. The number of fused-ring (bicyclic) bond motifs is 1. The molecule has 0 aromatic heterocycles. The van der Waals surface area contributed by atoms with Gasteiger partial charge < -0.3 is 4.90 Å². The summed E-state index contributed by atoms with van der Waals surface area (Å²) in [6.45, 7) is 11.9. The Morgan fingerprint density at radius 1 is 1.28 bits per heavy atom. The maximum Gasteiger partial charge on any atom is 0.0196 e. The molecule has 2 atom stereocenters. The molecule has 0 N–H and O–H groups in total. The first kappa shape index (κ1) is 14.1. The van der Waals surface area contributed by atoms with E-state index in [1.54, 1.807) is 5.57 Å². The fraction of sp³-hybridized carbons (Fsp3) is 0.875. The summed E-state index contributed by atoms with van der Waals surface area (Å²) >= 11 is 0. The second-order valence-electron chi connectivity index (χ2n) is 6.99. The Bertz CT molecular complexity index is 317. The van der Waals surface area contributed by atoms with E-state index in [0.717, 1.165) is 18.4 Å². The zero-order valence-corrected chi connectivity index (χ0v) is 12.9. The largest absolute Gasteiger partial charge is 0.308 e. The highest BCUT2D eigenvalue weighted by atomic mass is 15.2. The normalized spacial score (nSPS) is 29.4. The zero-order valence-electron chi connectivity index (χ0n) is 12.9. The quantitative estimate of drug-likeness (QED) is 0.669. The minimum absolute atomic E-state index is 0.574. The van der Waals surface area contributed by atoms with Gasteiger partial charge in [-0.15, -0.1) is 0 Å². The fourth-order valence-electron chi connectivity index (χ4n) is 3.60. The van der Waals surface area contributed by atoms with Crippen LogP contribution in [0.5, 0.6) is 0 Å². The van der Waals surface area contributed by atoms with Crippen molar-refractivity contribution in [1.82, 2.24) is 9.80 Å². The van der Waals surface area contributed by atoms with E-state index in [1.165, 1.54) is 32.5 Å². The molecule has 0 aliphatic heterocycles. The Morgan fingerprint density at radius 3 is 2.50 bits per heavy atom. The SMILES string of the molecule is CCN(CCN(C)C)CC1=CC[C@@H]2C[C@@H]1C2(C)C. The Labute approximate surface area is 113 Å². The third-order valence-electron chi connectivity index (χ3n) is 5.30. The molecule has 1 fully saturated rings. The first-order valence-corrected chi connectivity index (χ1v) is 7.51. The maximum atomic E-state index is 2.60. The van der Waals surface area contributed by atoms with Gasteiger partial charge in [0.1, 0.15) is 0 Å². The first-order chi connectivity index (χ1) is 8.45. The van der Waals surface area contributed by atoms with Crippen molar-refractivity contribution >= 4 is 0 Å². The van der Waals surface area contributed by atoms with Crippen LogP contribution in [0.1, 0.15) is 33.6 Å². The highest BCUT2D eigenvalue weighted by Crippen LogP contribution is 2.59. The average molecular weight is 250 g/mol. The van der Waals surface area contributed by atoms with Crippen LogP contribution in [-0.4, -0.2) is 50.1 Å². The summed E-state index contributed by atoms with van der Waals surface area (Å²) in [5.74, 6) is 1.83. The van der Waals surface area contributed by atoms with Crippen LogP contribution in [0.3, 0.4) is 0 Å². The van der Waals surface area contributed by atoms with Gasteiger partial charge in [0.25, 0.3) is 0 Å². The molecule has 0 saturated heterocycles. The van der Waals surface area contributed by atoms with E-state index in [1.807, 2.05) is 0 Å². The van der Waals surface area contributed by atoms with E-state index >= 15 is 0 Å². The molecular weight excluding hydrogens is 220 g/mol. The van der Waals surface area contributed by atoms with E-state index in [0.29, 0.717) is 5.41 Å². The summed E-state index contributed by atoms with van der Waals surface area (Å²) in [7, 11) is 4.32. The van der Waals surface area contributed by atoms with Crippen LogP contribution < -0.4 is 0 Å². The number of hydrogen-bond acceptors (Lipinski definition) is 2. The van der Waals surface area contributed by atoms with Crippen LogP contribution in [0.25, 0.3) is 0 Å². The van der Waals surface area contributed by atoms with Crippen molar-refractivity contribution in [3.8, 4) is 0 Å². The molecule has 0 spiro atoms. The van der Waals surface area contributed by atoms with Crippen molar-refractivity contribution in [2.45, 2.75) is 33.6 Å². The standard InChI is InChI=1S/C16H30N2/c1-6-18(10-9-17(4)5)12-13-7-8-14-11-15(13)16(14,2)3/h7,14-15H,6,8-12H2,1-5H3/t14-,15+/m1/s1. The number of allylic oxidation sites excluding steroid dienone is 1. The Morgan fingerprint density at radius 2 is 2.00 bits per heavy atom. The molecule has 1 saturated carbocycles. The Kier molecular flexibility index (Phi) is 4.18. The van der Waals surface area contributed by atoms with Gasteiger partial charge in [-0.1, -0.05) is 32.4 Å². The molecule has 0 heterocycles. The maximum absolute atomic E-state index is 2.60. The van der Waals surface area contributed by atoms with E-state index in [2.05, 4.69) is 50.7 Å². The monoisotopic (exact) mass is 250 g/mol. The van der Waals surface area contributed by atoms with Gasteiger partial charge in [0.2, 0.25) is 0 Å². The molecule has 2 bridgehead atoms. The molecule has 0 aromatic rings. The second kappa shape index (κ2) is 5.34.